The zero-order chi connectivity index (χ0) is 12.6. The molecule has 3 nitrogen and oxygen atoms in total. The van der Waals surface area contributed by atoms with Crippen LogP contribution in [0.5, 0.6) is 0 Å². The Kier molecular flexibility index (Phi) is 3.45. The summed E-state index contributed by atoms with van der Waals surface area (Å²) in [4.78, 5) is 11.3. The molecule has 0 atom stereocenters. The van der Waals surface area contributed by atoms with Gasteiger partial charge in [-0.1, -0.05) is 11.6 Å². The second kappa shape index (κ2) is 4.70. The number of methoxy groups -OCH3 is 1. The van der Waals surface area contributed by atoms with Crippen LogP contribution in [0.25, 0.3) is 11.0 Å². The van der Waals surface area contributed by atoms with Crippen molar-refractivity contribution in [2.24, 2.45) is 0 Å². The lowest BCUT2D eigenvalue weighted by atomic mass is 10.1. The van der Waals surface area contributed by atoms with E-state index < -0.39 is 0 Å². The molecule has 5 heteroatoms. The topological polar surface area (TPSA) is 39.4 Å². The molecule has 1 aromatic carbocycles. The van der Waals surface area contributed by atoms with Crippen LogP contribution < -0.4 is 0 Å². The van der Waals surface area contributed by atoms with Crippen LogP contribution in [0.3, 0.4) is 0 Å². The molecule has 2 aromatic rings. The lowest BCUT2D eigenvalue weighted by molar-refractivity contribution is -0.139. The van der Waals surface area contributed by atoms with Gasteiger partial charge < -0.3 is 9.15 Å². The third-order valence-electron chi connectivity index (χ3n) is 2.57. The Morgan fingerprint density at radius 2 is 2.24 bits per heavy atom. The Hall–Kier alpha value is -1.00. The number of esters is 1. The van der Waals surface area contributed by atoms with Crippen LogP contribution in [0.4, 0.5) is 0 Å². The van der Waals surface area contributed by atoms with Crippen molar-refractivity contribution in [1.29, 1.82) is 0 Å². The highest BCUT2D eigenvalue weighted by atomic mass is 79.9. The molecule has 0 bridgehead atoms. The minimum atomic E-state index is -0.315. The van der Waals surface area contributed by atoms with Crippen molar-refractivity contribution in [2.75, 3.05) is 7.11 Å². The molecule has 0 spiro atoms. The first kappa shape index (κ1) is 12.5. The normalized spacial score (nSPS) is 10.8. The summed E-state index contributed by atoms with van der Waals surface area (Å²) in [6.07, 6.45) is 0.156. The van der Waals surface area contributed by atoms with Crippen LogP contribution >= 0.6 is 27.5 Å². The number of aryl methyl sites for hydroxylation is 1. The summed E-state index contributed by atoms with van der Waals surface area (Å²) in [6, 6.07) is 3.65. The molecule has 0 unspecified atom stereocenters. The molecular weight excluding hydrogens is 307 g/mol. The Labute approximate surface area is 112 Å². The van der Waals surface area contributed by atoms with E-state index in [-0.39, 0.29) is 12.4 Å². The van der Waals surface area contributed by atoms with Crippen molar-refractivity contribution < 1.29 is 13.9 Å². The number of ether oxygens (including phenoxy) is 1. The Morgan fingerprint density at radius 1 is 1.53 bits per heavy atom. The first-order chi connectivity index (χ1) is 8.02. The zero-order valence-electron chi connectivity index (χ0n) is 9.34. The second-order valence-corrected chi connectivity index (χ2v) is 4.83. The number of halogens is 2. The highest BCUT2D eigenvalue weighted by molar-refractivity contribution is 9.10. The Bertz CT molecular complexity index is 589. The molecule has 0 aliphatic heterocycles. The molecule has 2 rings (SSSR count). The predicted molar refractivity (Wildman–Crippen MR) is 69.4 cm³/mol. The van der Waals surface area contributed by atoms with E-state index >= 15 is 0 Å². The zero-order valence-corrected chi connectivity index (χ0v) is 11.7. The van der Waals surface area contributed by atoms with Crippen LogP contribution in [0.1, 0.15) is 11.1 Å². The van der Waals surface area contributed by atoms with Crippen molar-refractivity contribution in [3.8, 4) is 0 Å². The maximum atomic E-state index is 11.3. The van der Waals surface area contributed by atoms with Crippen molar-refractivity contribution in [3.63, 3.8) is 0 Å². The molecule has 90 valence electrons. The summed E-state index contributed by atoms with van der Waals surface area (Å²) in [7, 11) is 1.36. The van der Waals surface area contributed by atoms with Crippen LogP contribution in [0, 0.1) is 6.92 Å². The lowest BCUT2D eigenvalue weighted by Gasteiger charge is -2.00. The van der Waals surface area contributed by atoms with Gasteiger partial charge in [0.15, 0.2) is 4.67 Å². The van der Waals surface area contributed by atoms with E-state index in [0.717, 1.165) is 16.5 Å². The quantitative estimate of drug-likeness (QED) is 0.789. The third-order valence-corrected chi connectivity index (χ3v) is 3.62. The van der Waals surface area contributed by atoms with E-state index in [1.807, 2.05) is 13.0 Å². The number of carbonyl (C=O) groups excluding carboxylic acids is 1. The van der Waals surface area contributed by atoms with Gasteiger partial charge in [-0.2, -0.15) is 0 Å². The summed E-state index contributed by atoms with van der Waals surface area (Å²) >= 11 is 9.37. The lowest BCUT2D eigenvalue weighted by Crippen LogP contribution is -2.04. The molecule has 0 saturated heterocycles. The minimum absolute atomic E-state index is 0.156. The number of rotatable bonds is 2. The van der Waals surface area contributed by atoms with Crippen LogP contribution in [-0.2, 0) is 16.0 Å². The number of carbonyl (C=O) groups is 1. The van der Waals surface area contributed by atoms with Gasteiger partial charge >= 0.3 is 5.97 Å². The van der Waals surface area contributed by atoms with E-state index in [1.54, 1.807) is 6.07 Å². The maximum Gasteiger partial charge on any atom is 0.310 e. The standard InChI is InChI=1S/C12H10BrClO3/c1-6-3-10-7(4-9(6)14)8(12(13)17-10)5-11(15)16-2/h3-4H,5H2,1-2H3. The summed E-state index contributed by atoms with van der Waals surface area (Å²) in [5.41, 5.74) is 2.40. The van der Waals surface area contributed by atoms with Gasteiger partial charge in [0, 0.05) is 16.0 Å². The van der Waals surface area contributed by atoms with Crippen molar-refractivity contribution in [2.45, 2.75) is 13.3 Å². The van der Waals surface area contributed by atoms with Gasteiger partial charge in [-0.25, -0.2) is 0 Å². The summed E-state index contributed by atoms with van der Waals surface area (Å²) < 4.78 is 10.7. The van der Waals surface area contributed by atoms with Gasteiger partial charge in [0.05, 0.1) is 13.5 Å². The molecule has 1 aromatic heterocycles. The molecule has 0 amide bonds. The molecule has 0 radical (unpaired) electrons. The molecule has 17 heavy (non-hydrogen) atoms. The van der Waals surface area contributed by atoms with Crippen LogP contribution in [-0.4, -0.2) is 13.1 Å². The van der Waals surface area contributed by atoms with E-state index in [0.29, 0.717) is 15.3 Å². The highest BCUT2D eigenvalue weighted by Crippen LogP contribution is 2.33. The first-order valence-corrected chi connectivity index (χ1v) is 6.14. The fourth-order valence-corrected chi connectivity index (χ4v) is 2.31. The van der Waals surface area contributed by atoms with Gasteiger partial charge in [0.2, 0.25) is 0 Å². The highest BCUT2D eigenvalue weighted by Gasteiger charge is 2.16. The third kappa shape index (κ3) is 2.33. The molecule has 0 fully saturated rings. The van der Waals surface area contributed by atoms with Crippen molar-refractivity contribution in [1.82, 2.24) is 0 Å². The average molecular weight is 318 g/mol. The number of furan rings is 1. The largest absolute Gasteiger partial charge is 0.469 e. The van der Waals surface area contributed by atoms with E-state index in [9.17, 15) is 4.79 Å². The van der Waals surface area contributed by atoms with Crippen molar-refractivity contribution in [3.05, 3.63) is 33.0 Å². The van der Waals surface area contributed by atoms with Crippen LogP contribution in [0.2, 0.25) is 5.02 Å². The number of benzene rings is 1. The number of hydrogen-bond donors (Lipinski definition) is 0. The van der Waals surface area contributed by atoms with E-state index in [2.05, 4.69) is 20.7 Å². The van der Waals surface area contributed by atoms with Crippen molar-refractivity contribution >= 4 is 44.5 Å². The summed E-state index contributed by atoms with van der Waals surface area (Å²) in [6.45, 7) is 1.90. The van der Waals surface area contributed by atoms with Gasteiger partial charge in [-0.3, -0.25) is 4.79 Å². The maximum absolute atomic E-state index is 11.3. The second-order valence-electron chi connectivity index (χ2n) is 3.70. The molecule has 0 aliphatic rings. The summed E-state index contributed by atoms with van der Waals surface area (Å²) in [5, 5.41) is 1.48. The molecule has 1 heterocycles. The Balaban J connectivity index is 2.58. The fraction of sp³-hybridized carbons (Fsp3) is 0.250. The van der Waals surface area contributed by atoms with Crippen LogP contribution in [0.15, 0.2) is 21.2 Å². The Morgan fingerprint density at radius 3 is 2.88 bits per heavy atom. The van der Waals surface area contributed by atoms with E-state index in [4.69, 9.17) is 16.0 Å². The van der Waals surface area contributed by atoms with Gasteiger partial charge in [0.1, 0.15) is 5.58 Å². The van der Waals surface area contributed by atoms with Gasteiger partial charge in [0.25, 0.3) is 0 Å². The fourth-order valence-electron chi connectivity index (χ4n) is 1.62. The van der Waals surface area contributed by atoms with E-state index in [1.165, 1.54) is 7.11 Å². The molecular formula is C12H10BrClO3. The smallest absolute Gasteiger partial charge is 0.310 e. The average Bonchev–Trinajstić information content (AvgIpc) is 2.56. The minimum Gasteiger partial charge on any atom is -0.469 e. The number of fused-ring (bicyclic) bond motifs is 1. The molecule has 0 saturated carbocycles. The van der Waals surface area contributed by atoms with Gasteiger partial charge in [-0.15, -0.1) is 0 Å². The molecule has 0 N–H and O–H groups in total. The monoisotopic (exact) mass is 316 g/mol. The first-order valence-electron chi connectivity index (χ1n) is 4.96. The van der Waals surface area contributed by atoms with Gasteiger partial charge in [-0.05, 0) is 40.5 Å². The summed E-state index contributed by atoms with van der Waals surface area (Å²) in [5.74, 6) is -0.315. The number of hydrogen-bond acceptors (Lipinski definition) is 3. The molecule has 0 aliphatic carbocycles. The predicted octanol–water partition coefficient (Wildman–Crippen LogP) is 3.87. The SMILES string of the molecule is COC(=O)Cc1c(Br)oc2cc(C)c(Cl)cc12.